The first kappa shape index (κ1) is 22.5. The largest absolute Gasteiger partial charge is 0.484 e. The van der Waals surface area contributed by atoms with Crippen LogP contribution in [0.5, 0.6) is 5.75 Å². The second-order valence-corrected chi connectivity index (χ2v) is 7.93. The molecule has 0 bridgehead atoms. The van der Waals surface area contributed by atoms with Crippen molar-refractivity contribution in [2.24, 2.45) is 5.92 Å². The van der Waals surface area contributed by atoms with E-state index in [9.17, 15) is 9.59 Å². The molecule has 2 amide bonds. The third kappa shape index (κ3) is 7.26. The standard InChI is InChI=1S/C24H32N2O3/c1-17(2)14-25-24(28)20(5)26(15-21-8-6-7-19(4)13-21)23(27)16-29-22-11-9-18(3)10-12-22/h6-13,17,20H,14-16H2,1-5H3,(H,25,28)/t20-/m1/s1. The maximum atomic E-state index is 13.0. The van der Waals surface area contributed by atoms with Crippen molar-refractivity contribution in [1.82, 2.24) is 10.2 Å². The van der Waals surface area contributed by atoms with Crippen molar-refractivity contribution in [2.75, 3.05) is 13.2 Å². The van der Waals surface area contributed by atoms with Gasteiger partial charge in [0.2, 0.25) is 5.91 Å². The average Bonchev–Trinajstić information content (AvgIpc) is 2.69. The maximum Gasteiger partial charge on any atom is 0.261 e. The molecule has 156 valence electrons. The van der Waals surface area contributed by atoms with Gasteiger partial charge in [0.1, 0.15) is 11.8 Å². The number of carbonyl (C=O) groups excluding carboxylic acids is 2. The number of amides is 2. The fourth-order valence-electron chi connectivity index (χ4n) is 2.90. The first-order chi connectivity index (χ1) is 13.8. The number of aryl methyl sites for hydroxylation is 2. The van der Waals surface area contributed by atoms with Crippen molar-refractivity contribution in [1.29, 1.82) is 0 Å². The summed E-state index contributed by atoms with van der Waals surface area (Å²) in [6.45, 7) is 10.7. The highest BCUT2D eigenvalue weighted by Gasteiger charge is 2.26. The van der Waals surface area contributed by atoms with Crippen LogP contribution in [0.3, 0.4) is 0 Å². The third-order valence-electron chi connectivity index (χ3n) is 4.67. The summed E-state index contributed by atoms with van der Waals surface area (Å²) >= 11 is 0. The van der Waals surface area contributed by atoms with Crippen molar-refractivity contribution in [3.8, 4) is 5.75 Å². The molecule has 0 aliphatic heterocycles. The van der Waals surface area contributed by atoms with Gasteiger partial charge in [-0.05, 0) is 44.4 Å². The quantitative estimate of drug-likeness (QED) is 0.700. The van der Waals surface area contributed by atoms with Crippen LogP contribution in [-0.2, 0) is 16.1 Å². The highest BCUT2D eigenvalue weighted by molar-refractivity contribution is 5.87. The predicted octanol–water partition coefficient (Wildman–Crippen LogP) is 3.87. The van der Waals surface area contributed by atoms with Gasteiger partial charge < -0.3 is 15.0 Å². The van der Waals surface area contributed by atoms with E-state index in [2.05, 4.69) is 5.32 Å². The van der Waals surface area contributed by atoms with Crippen LogP contribution < -0.4 is 10.1 Å². The van der Waals surface area contributed by atoms with Gasteiger partial charge in [-0.15, -0.1) is 0 Å². The zero-order valence-electron chi connectivity index (χ0n) is 18.1. The van der Waals surface area contributed by atoms with Crippen LogP contribution in [0.2, 0.25) is 0 Å². The van der Waals surface area contributed by atoms with Crippen LogP contribution in [0, 0.1) is 19.8 Å². The monoisotopic (exact) mass is 396 g/mol. The van der Waals surface area contributed by atoms with Gasteiger partial charge in [0.25, 0.3) is 5.91 Å². The zero-order chi connectivity index (χ0) is 21.4. The molecule has 1 N–H and O–H groups in total. The van der Waals surface area contributed by atoms with Crippen molar-refractivity contribution < 1.29 is 14.3 Å². The van der Waals surface area contributed by atoms with Gasteiger partial charge in [-0.3, -0.25) is 9.59 Å². The molecule has 1 atom stereocenters. The summed E-state index contributed by atoms with van der Waals surface area (Å²) in [5.41, 5.74) is 3.22. The van der Waals surface area contributed by atoms with Crippen molar-refractivity contribution in [3.63, 3.8) is 0 Å². The Labute approximate surface area is 174 Å². The summed E-state index contributed by atoms with van der Waals surface area (Å²) in [5, 5.41) is 2.92. The first-order valence-electron chi connectivity index (χ1n) is 10.1. The predicted molar refractivity (Wildman–Crippen MR) is 116 cm³/mol. The lowest BCUT2D eigenvalue weighted by atomic mass is 10.1. The molecular weight excluding hydrogens is 364 g/mol. The number of hydrogen-bond donors (Lipinski definition) is 1. The molecule has 0 heterocycles. The molecule has 2 aromatic rings. The van der Waals surface area contributed by atoms with Crippen LogP contribution in [0.15, 0.2) is 48.5 Å². The minimum atomic E-state index is -0.594. The molecule has 2 aromatic carbocycles. The molecule has 0 saturated carbocycles. The minimum absolute atomic E-state index is 0.114. The zero-order valence-corrected chi connectivity index (χ0v) is 18.1. The Morgan fingerprint density at radius 3 is 2.31 bits per heavy atom. The first-order valence-corrected chi connectivity index (χ1v) is 10.1. The summed E-state index contributed by atoms with van der Waals surface area (Å²) in [6.07, 6.45) is 0. The maximum absolute atomic E-state index is 13.0. The van der Waals surface area contributed by atoms with E-state index in [1.165, 1.54) is 0 Å². The molecule has 0 radical (unpaired) electrons. The second-order valence-electron chi connectivity index (χ2n) is 7.93. The molecule has 2 rings (SSSR count). The Bertz CT molecular complexity index is 815. The molecule has 0 aliphatic rings. The number of benzene rings is 2. The molecule has 5 heteroatoms. The van der Waals surface area contributed by atoms with Crippen LogP contribution in [0.1, 0.15) is 37.5 Å². The summed E-state index contributed by atoms with van der Waals surface area (Å²) in [6, 6.07) is 14.9. The van der Waals surface area contributed by atoms with E-state index in [1.807, 2.05) is 76.2 Å². The van der Waals surface area contributed by atoms with E-state index >= 15 is 0 Å². The van der Waals surface area contributed by atoms with E-state index in [4.69, 9.17) is 4.74 Å². The van der Waals surface area contributed by atoms with Gasteiger partial charge >= 0.3 is 0 Å². The summed E-state index contributed by atoms with van der Waals surface area (Å²) < 4.78 is 5.67. The van der Waals surface area contributed by atoms with E-state index in [0.29, 0.717) is 24.8 Å². The molecule has 0 spiro atoms. The molecule has 0 aromatic heterocycles. The Kier molecular flexibility index (Phi) is 8.25. The van der Waals surface area contributed by atoms with Crippen LogP contribution >= 0.6 is 0 Å². The number of hydrogen-bond acceptors (Lipinski definition) is 3. The molecule has 0 aliphatic carbocycles. The molecule has 29 heavy (non-hydrogen) atoms. The lowest BCUT2D eigenvalue weighted by molar-refractivity contribution is -0.142. The Morgan fingerprint density at radius 2 is 1.69 bits per heavy atom. The van der Waals surface area contributed by atoms with Crippen molar-refractivity contribution in [2.45, 2.75) is 47.2 Å². The lowest BCUT2D eigenvalue weighted by Gasteiger charge is -2.29. The Balaban J connectivity index is 2.12. The number of nitrogens with zero attached hydrogens (tertiary/aromatic N) is 1. The second kappa shape index (κ2) is 10.6. The average molecular weight is 397 g/mol. The Hall–Kier alpha value is -2.82. The fraction of sp³-hybridized carbons (Fsp3) is 0.417. The number of carbonyl (C=O) groups is 2. The molecular formula is C24H32N2O3. The van der Waals surface area contributed by atoms with Crippen LogP contribution in [0.4, 0.5) is 0 Å². The van der Waals surface area contributed by atoms with Gasteiger partial charge in [0, 0.05) is 13.1 Å². The van der Waals surface area contributed by atoms with E-state index < -0.39 is 6.04 Å². The fourth-order valence-corrected chi connectivity index (χ4v) is 2.90. The van der Waals surface area contributed by atoms with Crippen molar-refractivity contribution in [3.05, 3.63) is 65.2 Å². The SMILES string of the molecule is Cc1ccc(OCC(=O)N(Cc2cccc(C)c2)[C@H](C)C(=O)NCC(C)C)cc1. The van der Waals surface area contributed by atoms with E-state index in [0.717, 1.165) is 16.7 Å². The highest BCUT2D eigenvalue weighted by Crippen LogP contribution is 2.14. The summed E-state index contributed by atoms with van der Waals surface area (Å²) in [7, 11) is 0. The molecule has 0 saturated heterocycles. The summed E-state index contributed by atoms with van der Waals surface area (Å²) in [4.78, 5) is 27.2. The third-order valence-corrected chi connectivity index (χ3v) is 4.67. The van der Waals surface area contributed by atoms with Gasteiger partial charge in [0.15, 0.2) is 6.61 Å². The van der Waals surface area contributed by atoms with Crippen LogP contribution in [0.25, 0.3) is 0 Å². The van der Waals surface area contributed by atoms with E-state index in [1.54, 1.807) is 11.8 Å². The van der Waals surface area contributed by atoms with E-state index in [-0.39, 0.29) is 18.4 Å². The normalized spacial score (nSPS) is 11.8. The molecule has 5 nitrogen and oxygen atoms in total. The number of ether oxygens (including phenoxy) is 1. The van der Waals surface area contributed by atoms with Crippen LogP contribution in [-0.4, -0.2) is 35.9 Å². The highest BCUT2D eigenvalue weighted by atomic mass is 16.5. The van der Waals surface area contributed by atoms with Gasteiger partial charge in [-0.25, -0.2) is 0 Å². The van der Waals surface area contributed by atoms with Gasteiger partial charge in [-0.2, -0.15) is 0 Å². The number of rotatable bonds is 9. The topological polar surface area (TPSA) is 58.6 Å². The summed E-state index contributed by atoms with van der Waals surface area (Å²) in [5.74, 6) is 0.600. The number of nitrogens with one attached hydrogen (secondary N) is 1. The smallest absolute Gasteiger partial charge is 0.261 e. The minimum Gasteiger partial charge on any atom is -0.484 e. The Morgan fingerprint density at radius 1 is 1.00 bits per heavy atom. The van der Waals surface area contributed by atoms with Gasteiger partial charge in [0.05, 0.1) is 0 Å². The van der Waals surface area contributed by atoms with Gasteiger partial charge in [-0.1, -0.05) is 61.4 Å². The molecule has 0 unspecified atom stereocenters. The molecule has 0 fully saturated rings. The van der Waals surface area contributed by atoms with Crippen molar-refractivity contribution >= 4 is 11.8 Å². The lowest BCUT2D eigenvalue weighted by Crippen LogP contribution is -2.49.